The number of carbonyl (C=O) groups excluding carboxylic acids is 11. The van der Waals surface area contributed by atoms with Crippen molar-refractivity contribution in [2.24, 2.45) is 28.1 Å². The molecule has 9 atom stereocenters. The highest BCUT2D eigenvalue weighted by Gasteiger charge is 2.40. The highest BCUT2D eigenvalue weighted by molar-refractivity contribution is 6.00. The normalized spacial score (nSPS) is 16.2. The minimum absolute atomic E-state index is 0.00905. The minimum atomic E-state index is -1.80. The van der Waals surface area contributed by atoms with E-state index in [9.17, 15) is 53.4 Å². The summed E-state index contributed by atoms with van der Waals surface area (Å²) in [6.07, 6.45) is 6.51. The van der Waals surface area contributed by atoms with Crippen LogP contribution in [0.5, 0.6) is 5.75 Å². The van der Waals surface area contributed by atoms with Crippen LogP contribution in [0.25, 0.3) is 21.8 Å². The number of phenols is 1. The number of aliphatic hydroxyl groups excluding tert-OH is 1. The fourth-order valence-electron chi connectivity index (χ4n) is 11.5. The molecule has 0 bridgehead atoms. The third kappa shape index (κ3) is 22.3. The number of likely N-dealkylation sites (tertiary alicyclic amines) is 1. The monoisotopic (exact) mass is 1370 g/mol. The van der Waals surface area contributed by atoms with Gasteiger partial charge in [-0.1, -0.05) is 62.4 Å². The highest BCUT2D eigenvalue weighted by atomic mass is 16.4. The number of nitrogens with two attached hydrogens (primary N) is 3. The van der Waals surface area contributed by atoms with E-state index in [4.69, 9.17) is 27.1 Å². The van der Waals surface area contributed by atoms with Gasteiger partial charge in [0.05, 0.1) is 19.5 Å². The molecule has 11 amide bonds. The summed E-state index contributed by atoms with van der Waals surface area (Å²) in [7, 11) is 0. The number of nitrogens with zero attached hydrogens (tertiary/aromatic N) is 3. The Hall–Kier alpha value is -11.4. The van der Waals surface area contributed by atoms with E-state index in [2.05, 4.69) is 72.8 Å². The number of aliphatic hydroxyl groups is 1. The van der Waals surface area contributed by atoms with Gasteiger partial charge >= 0.3 is 0 Å². The van der Waals surface area contributed by atoms with Crippen LogP contribution in [0.2, 0.25) is 0 Å². The number of aliphatic carboxylic acids is 1. The first-order valence-corrected chi connectivity index (χ1v) is 32.3. The maximum absolute atomic E-state index is 15.1. The number of aromatic hydroxyl groups is 1. The van der Waals surface area contributed by atoms with Gasteiger partial charge in [0.1, 0.15) is 60.1 Å². The molecule has 33 heteroatoms. The first kappa shape index (κ1) is 75.0. The lowest BCUT2D eigenvalue weighted by atomic mass is 9.99. The molecule has 3 aromatic heterocycles. The van der Waals surface area contributed by atoms with E-state index in [1.165, 1.54) is 41.7 Å². The van der Waals surface area contributed by atoms with E-state index in [1.54, 1.807) is 74.8 Å². The van der Waals surface area contributed by atoms with Crippen LogP contribution in [0.15, 0.2) is 103 Å². The van der Waals surface area contributed by atoms with E-state index in [0.717, 1.165) is 6.92 Å². The largest absolute Gasteiger partial charge is 0.508 e. The zero-order valence-electron chi connectivity index (χ0n) is 54.9. The number of aromatic nitrogens is 4. The summed E-state index contributed by atoms with van der Waals surface area (Å²) in [6.45, 7) is 3.41. The Kier molecular flexibility index (Phi) is 27.4. The molecule has 2 fully saturated rings. The molecule has 530 valence electrons. The first-order chi connectivity index (χ1) is 47.3. The standard InChI is InChI=1S/C64H82N18O13.C2H4O2/c1-34(2)23-46(56(88)75-45(13-7-21-69-64(66)67)63(95)82-22-8-14-52(82)62(94)72-31-53(65)85)76-58(90)48(25-36-28-70-42-11-5-3-9-40(36)42)78-57(89)47(24-35-15-17-39(84)18-16-35)77-61(93)51(32-83)81-59(91)49(26-37-29-71-43-12-6-4-10-41(37)43)79-60(92)50(27-38-30-68-33-73-38)80-55(87)44-19-20-54(86)74-44;1-2(3)4/h3-6,9-12,15-18,28-30,33-34,44-52,70-71,83-84H,7-8,13-14,19-27,31-32H2,1-2H3,(H2,65,85)(H,68,73)(H,72,94)(H,74,86)(H,75,88)(H,76,90)(H,77,93)(H,78,89)(H,79,92)(H,80,87)(H,81,91)(H4,66,67,69);1H3,(H,3,4)/t44?,45-,46-,47-,48+,49-,50-,51-,52-;/m0./s1. The van der Waals surface area contributed by atoms with Gasteiger partial charge in [0.2, 0.25) is 65.0 Å². The second-order valence-corrected chi connectivity index (χ2v) is 24.5. The number of carboxylic acid groups (broad SMARTS) is 1. The molecule has 2 saturated heterocycles. The molecule has 5 heterocycles. The van der Waals surface area contributed by atoms with Gasteiger partial charge in [0.15, 0.2) is 5.96 Å². The predicted molar refractivity (Wildman–Crippen MR) is 359 cm³/mol. The van der Waals surface area contributed by atoms with Crippen molar-refractivity contribution >= 4 is 98.7 Å². The summed E-state index contributed by atoms with van der Waals surface area (Å²) in [4.78, 5) is 181. The van der Waals surface area contributed by atoms with Crippen molar-refractivity contribution in [3.63, 3.8) is 0 Å². The third-order valence-corrected chi connectivity index (χ3v) is 16.4. The van der Waals surface area contributed by atoms with Gasteiger partial charge in [-0.05, 0) is 85.4 Å². The number of amides is 11. The zero-order chi connectivity index (χ0) is 71.9. The second kappa shape index (κ2) is 36.1. The molecule has 33 nitrogen and oxygen atoms in total. The number of aliphatic imine (C=N–C) groups is 1. The van der Waals surface area contributed by atoms with Crippen molar-refractivity contribution in [2.45, 2.75) is 146 Å². The van der Waals surface area contributed by atoms with E-state index in [0.29, 0.717) is 50.6 Å². The number of phenolic OH excluding ortho intramolecular Hbond substituents is 1. The van der Waals surface area contributed by atoms with Crippen molar-refractivity contribution in [1.29, 1.82) is 0 Å². The lowest BCUT2D eigenvalue weighted by Gasteiger charge is -2.30. The molecule has 21 N–H and O–H groups in total. The van der Waals surface area contributed by atoms with Crippen LogP contribution in [0.1, 0.15) is 88.1 Å². The second-order valence-electron chi connectivity index (χ2n) is 24.5. The van der Waals surface area contributed by atoms with Crippen molar-refractivity contribution in [2.75, 3.05) is 26.2 Å². The minimum Gasteiger partial charge on any atom is -0.508 e. The molecule has 8 rings (SSSR count). The Morgan fingerprint density at radius 1 is 0.646 bits per heavy atom. The van der Waals surface area contributed by atoms with Gasteiger partial charge in [0, 0.05) is 98.2 Å². The smallest absolute Gasteiger partial charge is 0.300 e. The van der Waals surface area contributed by atoms with Crippen LogP contribution < -0.4 is 65.1 Å². The number of carboxylic acids is 1. The van der Waals surface area contributed by atoms with Crippen LogP contribution in [0.3, 0.4) is 0 Å². The van der Waals surface area contributed by atoms with Crippen molar-refractivity contribution in [1.82, 2.24) is 72.7 Å². The van der Waals surface area contributed by atoms with E-state index >= 15 is 9.59 Å². The quantitative estimate of drug-likeness (QED) is 0.0118. The number of H-pyrrole nitrogens is 3. The average molecular weight is 1370 g/mol. The van der Waals surface area contributed by atoms with Gasteiger partial charge in [-0.3, -0.25) is 62.5 Å². The summed E-state index contributed by atoms with van der Waals surface area (Å²) >= 11 is 0. The number of benzene rings is 3. The van der Waals surface area contributed by atoms with E-state index in [-0.39, 0.29) is 101 Å². The summed E-state index contributed by atoms with van der Waals surface area (Å²) in [5.41, 5.74) is 19.8. The molecule has 0 spiro atoms. The van der Waals surface area contributed by atoms with E-state index < -0.39 is 133 Å². The number of nitrogens with one attached hydrogen (secondary N) is 12. The summed E-state index contributed by atoms with van der Waals surface area (Å²) in [6, 6.07) is 7.78. The van der Waals surface area contributed by atoms with Crippen LogP contribution in [-0.2, 0) is 83.2 Å². The van der Waals surface area contributed by atoms with Gasteiger partial charge in [0.25, 0.3) is 5.97 Å². The van der Waals surface area contributed by atoms with Crippen molar-refractivity contribution in [3.8, 4) is 5.75 Å². The summed E-state index contributed by atoms with van der Waals surface area (Å²) in [5, 5.41) is 53.9. The van der Waals surface area contributed by atoms with E-state index in [1.807, 2.05) is 0 Å². The molecular formula is C66H86N18O15. The van der Waals surface area contributed by atoms with Crippen LogP contribution in [-0.4, -0.2) is 198 Å². The molecular weight excluding hydrogens is 1280 g/mol. The molecule has 0 radical (unpaired) electrons. The Morgan fingerprint density at radius 2 is 1.16 bits per heavy atom. The maximum Gasteiger partial charge on any atom is 0.300 e. The lowest BCUT2D eigenvalue weighted by Crippen LogP contribution is -2.61. The number of hydrogen-bond donors (Lipinski definition) is 18. The molecule has 1 unspecified atom stereocenters. The maximum atomic E-state index is 15.1. The van der Waals surface area contributed by atoms with Crippen molar-refractivity contribution < 1.29 is 72.9 Å². The van der Waals surface area contributed by atoms with Gasteiger partial charge in [-0.2, -0.15) is 0 Å². The fraction of sp³-hybridized carbons (Fsp3) is 0.424. The third-order valence-electron chi connectivity index (χ3n) is 16.4. The van der Waals surface area contributed by atoms with Crippen LogP contribution in [0.4, 0.5) is 0 Å². The molecule has 6 aromatic rings. The Morgan fingerprint density at radius 3 is 1.68 bits per heavy atom. The highest BCUT2D eigenvalue weighted by Crippen LogP contribution is 2.24. The van der Waals surface area contributed by atoms with Crippen molar-refractivity contribution in [3.05, 3.63) is 120 Å². The number of primary amides is 1. The van der Waals surface area contributed by atoms with Crippen LogP contribution in [0, 0.1) is 5.92 Å². The average Bonchev–Trinajstić information content (AvgIpc) is 1.77. The molecule has 0 aliphatic carbocycles. The molecule has 99 heavy (non-hydrogen) atoms. The predicted octanol–water partition coefficient (Wildman–Crippen LogP) is -2.20. The number of guanidine groups is 1. The molecule has 2 aliphatic rings. The summed E-state index contributed by atoms with van der Waals surface area (Å²) in [5.74, 6) is -9.88. The SMILES string of the molecule is CC(=O)O.CC(C)C[C@H](NC(=O)[C@@H](Cc1c[nH]c2ccccc12)NC(=O)[C@H](Cc1ccc(O)cc1)NC(=O)[C@H](CO)NC(=O)[C@H](Cc1c[nH]c2ccccc12)NC(=O)[C@H](Cc1cnc[nH]1)NC(=O)C1CCC(=O)N1)C(=O)N[C@@H](CCCN=C(N)N)C(=O)N1CCC[C@H]1C(=O)NCC(N)=O. The molecule has 2 aliphatic heterocycles. The number of hydrogen-bond acceptors (Lipinski definition) is 16. The number of fused-ring (bicyclic) bond motifs is 2. The Bertz CT molecular complexity index is 3860. The topological polar surface area (TPSA) is 528 Å². The van der Waals surface area contributed by atoms with Gasteiger partial charge in [-0.25, -0.2) is 4.98 Å². The molecule has 0 saturated carbocycles. The number of para-hydroxylation sites is 2. The summed E-state index contributed by atoms with van der Waals surface area (Å²) < 4.78 is 0. The molecule has 3 aromatic carbocycles. The zero-order valence-corrected chi connectivity index (χ0v) is 54.9. The number of imidazole rings is 1. The Labute approximate surface area is 568 Å². The number of rotatable bonds is 33. The van der Waals surface area contributed by atoms with Gasteiger partial charge in [-0.15, -0.1) is 0 Å². The first-order valence-electron chi connectivity index (χ1n) is 32.3. The number of carbonyl (C=O) groups is 12. The Balaban J connectivity index is 0.00000335. The fourth-order valence-corrected chi connectivity index (χ4v) is 11.5. The van der Waals surface area contributed by atoms with Gasteiger partial charge < -0.3 is 100 Å². The van der Waals surface area contributed by atoms with Crippen LogP contribution >= 0.6 is 0 Å². The number of aromatic amines is 3. The lowest BCUT2D eigenvalue weighted by molar-refractivity contribution is -0.142.